The van der Waals surface area contributed by atoms with Gasteiger partial charge < -0.3 is 24.7 Å². The van der Waals surface area contributed by atoms with E-state index in [9.17, 15) is 20.0 Å². The van der Waals surface area contributed by atoms with Crippen molar-refractivity contribution in [3.8, 4) is 17.2 Å². The zero-order valence-corrected chi connectivity index (χ0v) is 14.5. The molecule has 9 nitrogen and oxygen atoms in total. The van der Waals surface area contributed by atoms with Gasteiger partial charge in [-0.2, -0.15) is 0 Å². The summed E-state index contributed by atoms with van der Waals surface area (Å²) in [5.74, 6) is -1.55. The number of phenolic OH excluding ortho intramolecular Hbond substituents is 1. The van der Waals surface area contributed by atoms with Gasteiger partial charge in [-0.15, -0.1) is 0 Å². The Morgan fingerprint density at radius 3 is 2.71 bits per heavy atom. The lowest BCUT2D eigenvalue weighted by Crippen LogP contribution is -2.29. The van der Waals surface area contributed by atoms with Crippen molar-refractivity contribution in [2.24, 2.45) is 5.73 Å². The van der Waals surface area contributed by atoms with Crippen LogP contribution in [0.5, 0.6) is 17.2 Å². The third kappa shape index (κ3) is 2.52. The summed E-state index contributed by atoms with van der Waals surface area (Å²) < 4.78 is 15.9. The molecule has 0 saturated carbocycles. The third-order valence-electron chi connectivity index (χ3n) is 4.56. The number of allylic oxidation sites excluding steroid dienone is 1. The van der Waals surface area contributed by atoms with E-state index in [1.807, 2.05) is 0 Å². The molecule has 9 heteroatoms. The number of rotatable bonds is 3. The molecule has 3 aromatic rings. The SMILES string of the molecule is COc1cc(C2C([N+](=O)[O-])=C(N)Oc3c2c(=O)oc2ccccc32)ccc1O. The van der Waals surface area contributed by atoms with Crippen molar-refractivity contribution in [1.29, 1.82) is 0 Å². The Morgan fingerprint density at radius 2 is 2.00 bits per heavy atom. The van der Waals surface area contributed by atoms with Gasteiger partial charge in [-0.1, -0.05) is 18.2 Å². The Morgan fingerprint density at radius 1 is 1.25 bits per heavy atom. The van der Waals surface area contributed by atoms with Gasteiger partial charge >= 0.3 is 11.3 Å². The van der Waals surface area contributed by atoms with Gasteiger partial charge in [-0.05, 0) is 29.8 Å². The summed E-state index contributed by atoms with van der Waals surface area (Å²) in [5.41, 5.74) is 5.13. The molecular formula is C19H14N2O7. The van der Waals surface area contributed by atoms with E-state index in [4.69, 9.17) is 19.6 Å². The monoisotopic (exact) mass is 382 g/mol. The second-order valence-electron chi connectivity index (χ2n) is 6.10. The summed E-state index contributed by atoms with van der Waals surface area (Å²) in [7, 11) is 1.34. The molecule has 1 aliphatic heterocycles. The summed E-state index contributed by atoms with van der Waals surface area (Å²) >= 11 is 0. The largest absolute Gasteiger partial charge is 0.504 e. The van der Waals surface area contributed by atoms with E-state index < -0.39 is 28.0 Å². The molecule has 2 heterocycles. The van der Waals surface area contributed by atoms with Crippen LogP contribution in [0.2, 0.25) is 0 Å². The summed E-state index contributed by atoms with van der Waals surface area (Å²) in [6, 6.07) is 10.8. The zero-order valence-electron chi connectivity index (χ0n) is 14.5. The number of nitro groups is 1. The molecule has 3 N–H and O–H groups in total. The fourth-order valence-corrected chi connectivity index (χ4v) is 3.33. The van der Waals surface area contributed by atoms with Gasteiger partial charge in [0.25, 0.3) is 5.88 Å². The molecule has 4 rings (SSSR count). The molecule has 1 atom stereocenters. The lowest BCUT2D eigenvalue weighted by molar-refractivity contribution is -0.432. The first kappa shape index (κ1) is 17.4. The lowest BCUT2D eigenvalue weighted by atomic mass is 9.86. The summed E-state index contributed by atoms with van der Waals surface area (Å²) in [6.45, 7) is 0. The lowest BCUT2D eigenvalue weighted by Gasteiger charge is -2.24. The first-order chi connectivity index (χ1) is 13.4. The molecule has 142 valence electrons. The van der Waals surface area contributed by atoms with Crippen LogP contribution in [0, 0.1) is 10.1 Å². The molecule has 1 aliphatic rings. The summed E-state index contributed by atoms with van der Waals surface area (Å²) in [5, 5.41) is 22.0. The van der Waals surface area contributed by atoms with E-state index in [0.717, 1.165) is 0 Å². The van der Waals surface area contributed by atoms with Crippen molar-refractivity contribution >= 4 is 11.0 Å². The minimum atomic E-state index is -1.17. The van der Waals surface area contributed by atoms with Crippen LogP contribution in [0.3, 0.4) is 0 Å². The van der Waals surface area contributed by atoms with Crippen LogP contribution in [-0.4, -0.2) is 17.1 Å². The fraction of sp³-hybridized carbons (Fsp3) is 0.105. The van der Waals surface area contributed by atoms with Crippen molar-refractivity contribution in [2.75, 3.05) is 7.11 Å². The predicted octanol–water partition coefficient (Wildman–Crippen LogP) is 2.44. The minimum absolute atomic E-state index is 0.0488. The molecule has 0 radical (unpaired) electrons. The highest BCUT2D eigenvalue weighted by atomic mass is 16.6. The van der Waals surface area contributed by atoms with Crippen LogP contribution < -0.4 is 20.8 Å². The maximum atomic E-state index is 12.7. The number of phenols is 1. The first-order valence-corrected chi connectivity index (χ1v) is 8.17. The molecule has 28 heavy (non-hydrogen) atoms. The average Bonchev–Trinajstić information content (AvgIpc) is 2.67. The van der Waals surface area contributed by atoms with Gasteiger partial charge in [-0.3, -0.25) is 10.1 Å². The van der Waals surface area contributed by atoms with Crippen molar-refractivity contribution < 1.29 is 23.9 Å². The van der Waals surface area contributed by atoms with Crippen LogP contribution in [-0.2, 0) is 0 Å². The number of aromatic hydroxyl groups is 1. The van der Waals surface area contributed by atoms with Gasteiger partial charge in [0.1, 0.15) is 11.5 Å². The number of para-hydroxylation sites is 1. The van der Waals surface area contributed by atoms with Gasteiger partial charge in [0, 0.05) is 0 Å². The molecule has 0 bridgehead atoms. The Kier molecular flexibility index (Phi) is 3.92. The molecule has 0 fully saturated rings. The van der Waals surface area contributed by atoms with Crippen molar-refractivity contribution in [3.05, 3.63) is 85.7 Å². The minimum Gasteiger partial charge on any atom is -0.504 e. The highest BCUT2D eigenvalue weighted by Gasteiger charge is 2.42. The van der Waals surface area contributed by atoms with Crippen LogP contribution in [0.1, 0.15) is 17.0 Å². The van der Waals surface area contributed by atoms with E-state index in [-0.39, 0.29) is 28.4 Å². The second-order valence-corrected chi connectivity index (χ2v) is 6.10. The average molecular weight is 382 g/mol. The van der Waals surface area contributed by atoms with E-state index in [0.29, 0.717) is 10.9 Å². The molecule has 1 unspecified atom stereocenters. The number of nitrogens with zero attached hydrogens (tertiary/aromatic N) is 1. The number of hydrogen-bond acceptors (Lipinski definition) is 8. The molecule has 2 aromatic carbocycles. The standard InChI is InChI=1S/C19H14N2O7/c1-26-13-8-9(6-7-11(13)22)14-15-17(28-18(20)16(14)21(24)25)10-4-2-3-5-12(10)27-19(15)23/h2-8,14,22H,20H2,1H3. The molecule has 0 amide bonds. The van der Waals surface area contributed by atoms with Gasteiger partial charge in [0.2, 0.25) is 0 Å². The first-order valence-electron chi connectivity index (χ1n) is 8.17. The van der Waals surface area contributed by atoms with Gasteiger partial charge in [0.15, 0.2) is 17.2 Å². The van der Waals surface area contributed by atoms with Crippen molar-refractivity contribution in [1.82, 2.24) is 0 Å². The highest BCUT2D eigenvalue weighted by molar-refractivity contribution is 5.85. The topological polar surface area (TPSA) is 138 Å². The quantitative estimate of drug-likeness (QED) is 0.400. The maximum Gasteiger partial charge on any atom is 0.344 e. The Bertz CT molecular complexity index is 1210. The number of fused-ring (bicyclic) bond motifs is 3. The zero-order chi connectivity index (χ0) is 20.0. The molecular weight excluding hydrogens is 368 g/mol. The molecule has 0 aliphatic carbocycles. The van der Waals surface area contributed by atoms with Crippen LogP contribution >= 0.6 is 0 Å². The third-order valence-corrected chi connectivity index (χ3v) is 4.56. The Balaban J connectivity index is 2.08. The predicted molar refractivity (Wildman–Crippen MR) is 97.8 cm³/mol. The van der Waals surface area contributed by atoms with E-state index in [1.165, 1.54) is 25.3 Å². The van der Waals surface area contributed by atoms with Gasteiger partial charge in [0.05, 0.1) is 23.0 Å². The normalized spacial score (nSPS) is 15.8. The Labute approximate surface area is 157 Å². The fourth-order valence-electron chi connectivity index (χ4n) is 3.33. The number of nitrogens with two attached hydrogens (primary N) is 1. The van der Waals surface area contributed by atoms with Crippen molar-refractivity contribution in [3.63, 3.8) is 0 Å². The smallest absolute Gasteiger partial charge is 0.344 e. The second kappa shape index (κ2) is 6.31. The Hall–Kier alpha value is -4.01. The van der Waals surface area contributed by atoms with E-state index in [1.54, 1.807) is 24.3 Å². The summed E-state index contributed by atoms with van der Waals surface area (Å²) in [4.78, 5) is 23.8. The molecule has 1 aromatic heterocycles. The molecule has 0 saturated heterocycles. The number of hydrogen-bond donors (Lipinski definition) is 2. The number of methoxy groups -OCH3 is 1. The highest BCUT2D eigenvalue weighted by Crippen LogP contribution is 2.45. The molecule has 0 spiro atoms. The number of benzene rings is 2. The van der Waals surface area contributed by atoms with Crippen LogP contribution in [0.15, 0.2) is 63.3 Å². The van der Waals surface area contributed by atoms with E-state index in [2.05, 4.69) is 0 Å². The number of ether oxygens (including phenoxy) is 2. The van der Waals surface area contributed by atoms with E-state index >= 15 is 0 Å². The van der Waals surface area contributed by atoms with Crippen molar-refractivity contribution in [2.45, 2.75) is 5.92 Å². The van der Waals surface area contributed by atoms with Gasteiger partial charge in [-0.25, -0.2) is 4.79 Å². The van der Waals surface area contributed by atoms with Crippen LogP contribution in [0.4, 0.5) is 0 Å². The summed E-state index contributed by atoms with van der Waals surface area (Å²) in [6.07, 6.45) is 0. The maximum absolute atomic E-state index is 12.7. The van der Waals surface area contributed by atoms with Crippen LogP contribution in [0.25, 0.3) is 11.0 Å².